The van der Waals surface area contributed by atoms with E-state index in [4.69, 9.17) is 9.47 Å². The Kier molecular flexibility index (Phi) is 41.9. The van der Waals surface area contributed by atoms with Crippen LogP contribution in [0.4, 0.5) is 0 Å². The molecule has 1 rings (SSSR count). The molecule has 0 aliphatic carbocycles. The first kappa shape index (κ1) is 59.9. The third-order valence-electron chi connectivity index (χ3n) is 12.3. The average Bonchev–Trinajstić information content (AvgIpc) is 3.29. The molecule has 9 nitrogen and oxygen atoms in total. The van der Waals surface area contributed by atoms with Gasteiger partial charge in [0, 0.05) is 6.42 Å². The van der Waals surface area contributed by atoms with Gasteiger partial charge in [-0.25, -0.2) is 0 Å². The van der Waals surface area contributed by atoms with Crippen molar-refractivity contribution in [2.45, 2.75) is 269 Å². The number of ether oxygens (including phenoxy) is 2. The lowest BCUT2D eigenvalue weighted by atomic mass is 9.99. The maximum atomic E-state index is 13.0. The van der Waals surface area contributed by atoms with E-state index >= 15 is 0 Å². The highest BCUT2D eigenvalue weighted by Gasteiger charge is 2.44. The second kappa shape index (κ2) is 44.7. The molecule has 6 N–H and O–H groups in total. The van der Waals surface area contributed by atoms with E-state index in [9.17, 15) is 30.3 Å². The van der Waals surface area contributed by atoms with Crippen LogP contribution in [0.2, 0.25) is 0 Å². The van der Waals surface area contributed by atoms with Gasteiger partial charge in [0.15, 0.2) is 6.29 Å². The van der Waals surface area contributed by atoms with Crippen molar-refractivity contribution in [1.29, 1.82) is 0 Å². The number of carbonyl (C=O) groups is 1. The predicted octanol–water partition coefficient (Wildman–Crippen LogP) is 12.3. The van der Waals surface area contributed by atoms with Crippen molar-refractivity contribution in [1.82, 2.24) is 5.32 Å². The molecule has 0 aromatic rings. The Hall–Kier alpha value is -2.11. The molecule has 0 radical (unpaired) electrons. The average molecular weight is 902 g/mol. The van der Waals surface area contributed by atoms with E-state index in [1.807, 2.05) is 6.08 Å². The normalized spacial score (nSPS) is 20.5. The number of hydrogen-bond donors (Lipinski definition) is 6. The second-order valence-electron chi connectivity index (χ2n) is 18.3. The topological polar surface area (TPSA) is 149 Å². The summed E-state index contributed by atoms with van der Waals surface area (Å²) >= 11 is 0. The number of hydrogen-bond acceptors (Lipinski definition) is 8. The summed E-state index contributed by atoms with van der Waals surface area (Å²) < 4.78 is 11.2. The van der Waals surface area contributed by atoms with Crippen LogP contribution in [0.1, 0.15) is 226 Å². The SMILES string of the molecule is CCCCCCC/C=C\C/C=C\CCCCCCCCCCCC(=O)NC(COC1OC(CO)C(O)C(O)C1O)C(O)/C=C/CC/C=C/CC/C=C/CCCCCCCCCCCC. The number of rotatable bonds is 44. The summed E-state index contributed by atoms with van der Waals surface area (Å²) in [4.78, 5) is 13.0. The highest BCUT2D eigenvalue weighted by molar-refractivity contribution is 5.76. The Morgan fingerprint density at radius 3 is 1.41 bits per heavy atom. The molecule has 0 bridgehead atoms. The Bertz CT molecular complexity index is 1180. The van der Waals surface area contributed by atoms with Gasteiger partial charge < -0.3 is 40.3 Å². The molecular weight excluding hydrogens is 803 g/mol. The zero-order valence-corrected chi connectivity index (χ0v) is 41.0. The van der Waals surface area contributed by atoms with E-state index in [2.05, 4.69) is 67.8 Å². The second-order valence-corrected chi connectivity index (χ2v) is 18.3. The molecule has 0 spiro atoms. The highest BCUT2D eigenvalue weighted by atomic mass is 16.7. The molecular formula is C55H99NO8. The molecule has 0 aromatic heterocycles. The fraction of sp³-hybridized carbons (Fsp3) is 0.800. The van der Waals surface area contributed by atoms with Gasteiger partial charge in [0.2, 0.25) is 5.91 Å². The summed E-state index contributed by atoms with van der Waals surface area (Å²) in [5, 5.41) is 54.4. The molecule has 0 aromatic carbocycles. The van der Waals surface area contributed by atoms with Crippen molar-refractivity contribution in [2.75, 3.05) is 13.2 Å². The zero-order chi connectivity index (χ0) is 46.6. The quantitative estimate of drug-likeness (QED) is 0.0262. The smallest absolute Gasteiger partial charge is 0.220 e. The number of unbranched alkanes of at least 4 members (excludes halogenated alkanes) is 26. The molecule has 0 saturated carbocycles. The Balaban J connectivity index is 2.33. The van der Waals surface area contributed by atoms with Gasteiger partial charge in [0.25, 0.3) is 0 Å². The number of aliphatic hydroxyl groups excluding tert-OH is 5. The van der Waals surface area contributed by atoms with E-state index in [-0.39, 0.29) is 12.5 Å². The van der Waals surface area contributed by atoms with Crippen molar-refractivity contribution in [3.63, 3.8) is 0 Å². The van der Waals surface area contributed by atoms with Crippen LogP contribution in [0.25, 0.3) is 0 Å². The molecule has 64 heavy (non-hydrogen) atoms. The summed E-state index contributed by atoms with van der Waals surface area (Å²) in [7, 11) is 0. The summed E-state index contributed by atoms with van der Waals surface area (Å²) in [6.07, 6.45) is 52.7. The first-order chi connectivity index (χ1) is 31.3. The molecule has 9 heteroatoms. The molecule has 7 unspecified atom stereocenters. The van der Waals surface area contributed by atoms with Crippen LogP contribution in [-0.2, 0) is 14.3 Å². The van der Waals surface area contributed by atoms with Gasteiger partial charge in [-0.2, -0.15) is 0 Å². The zero-order valence-electron chi connectivity index (χ0n) is 41.0. The molecule has 1 heterocycles. The van der Waals surface area contributed by atoms with Gasteiger partial charge in [-0.15, -0.1) is 0 Å². The van der Waals surface area contributed by atoms with Crippen molar-refractivity contribution in [3.8, 4) is 0 Å². The molecule has 372 valence electrons. The van der Waals surface area contributed by atoms with Crippen LogP contribution in [-0.4, -0.2) is 87.5 Å². The number of amides is 1. The standard InChI is InChI=1S/C55H99NO8/c1-3-5-7-9-11-13-15-17-19-21-23-25-27-29-31-33-35-37-39-41-43-45-51(59)56-48(47-63-55-54(62)53(61)52(60)50(46-57)64-55)49(58)44-42-40-38-36-34-32-30-28-26-24-22-20-18-16-14-12-10-8-6-4-2/h15,17,21,23,26,28,34,36,42,44,48-50,52-55,57-58,60-62H,3-14,16,18-20,22,24-25,27,29-33,35,37-41,43,45-47H2,1-2H3,(H,56,59)/b17-15-,23-21-,28-26+,36-34+,44-42+. The van der Waals surface area contributed by atoms with Crippen LogP contribution < -0.4 is 5.32 Å². The van der Waals surface area contributed by atoms with Crippen LogP contribution >= 0.6 is 0 Å². The third kappa shape index (κ3) is 34.2. The molecule has 1 aliphatic heterocycles. The van der Waals surface area contributed by atoms with Crippen molar-refractivity contribution < 1.29 is 39.8 Å². The Morgan fingerprint density at radius 1 is 0.531 bits per heavy atom. The lowest BCUT2D eigenvalue weighted by Gasteiger charge is -2.40. The number of allylic oxidation sites excluding steroid dienone is 9. The Morgan fingerprint density at radius 2 is 0.938 bits per heavy atom. The van der Waals surface area contributed by atoms with Crippen molar-refractivity contribution >= 4 is 5.91 Å². The minimum Gasteiger partial charge on any atom is -0.394 e. The van der Waals surface area contributed by atoms with Crippen LogP contribution in [0.5, 0.6) is 0 Å². The molecule has 7 atom stereocenters. The van der Waals surface area contributed by atoms with E-state index in [0.29, 0.717) is 6.42 Å². The van der Waals surface area contributed by atoms with Gasteiger partial charge >= 0.3 is 0 Å². The van der Waals surface area contributed by atoms with Crippen LogP contribution in [0, 0.1) is 0 Å². The number of carbonyl (C=O) groups excluding carboxylic acids is 1. The van der Waals surface area contributed by atoms with E-state index in [1.165, 1.54) is 141 Å². The van der Waals surface area contributed by atoms with Gasteiger partial charge in [-0.05, 0) is 77.0 Å². The van der Waals surface area contributed by atoms with Gasteiger partial charge in [0.05, 0.1) is 25.4 Å². The summed E-state index contributed by atoms with van der Waals surface area (Å²) in [6, 6.07) is -0.832. The molecule has 1 saturated heterocycles. The number of aliphatic hydroxyl groups is 5. The predicted molar refractivity (Wildman–Crippen MR) is 267 cm³/mol. The summed E-state index contributed by atoms with van der Waals surface area (Å²) in [6.45, 7) is 3.75. The molecule has 1 amide bonds. The number of nitrogens with one attached hydrogen (secondary N) is 1. The minimum absolute atomic E-state index is 0.196. The van der Waals surface area contributed by atoms with Crippen LogP contribution in [0.15, 0.2) is 60.8 Å². The van der Waals surface area contributed by atoms with Crippen LogP contribution in [0.3, 0.4) is 0 Å². The maximum absolute atomic E-state index is 13.0. The summed E-state index contributed by atoms with van der Waals surface area (Å²) in [5.74, 6) is -0.196. The maximum Gasteiger partial charge on any atom is 0.220 e. The molecule has 1 fully saturated rings. The van der Waals surface area contributed by atoms with E-state index in [0.717, 1.165) is 64.2 Å². The van der Waals surface area contributed by atoms with Crippen molar-refractivity contribution in [2.24, 2.45) is 0 Å². The summed E-state index contributed by atoms with van der Waals surface area (Å²) in [5.41, 5.74) is 0. The van der Waals surface area contributed by atoms with Gasteiger partial charge in [0.1, 0.15) is 24.4 Å². The van der Waals surface area contributed by atoms with Crippen molar-refractivity contribution in [3.05, 3.63) is 60.8 Å². The molecule has 1 aliphatic rings. The first-order valence-corrected chi connectivity index (χ1v) is 26.5. The lowest BCUT2D eigenvalue weighted by molar-refractivity contribution is -0.302. The van der Waals surface area contributed by atoms with E-state index in [1.54, 1.807) is 6.08 Å². The fourth-order valence-corrected chi connectivity index (χ4v) is 8.04. The lowest BCUT2D eigenvalue weighted by Crippen LogP contribution is -2.60. The van der Waals surface area contributed by atoms with Gasteiger partial charge in [-0.3, -0.25) is 4.79 Å². The fourth-order valence-electron chi connectivity index (χ4n) is 8.04. The van der Waals surface area contributed by atoms with E-state index < -0.39 is 49.5 Å². The minimum atomic E-state index is -1.58. The highest BCUT2D eigenvalue weighted by Crippen LogP contribution is 2.23. The van der Waals surface area contributed by atoms with Gasteiger partial charge in [-0.1, -0.05) is 203 Å². The largest absolute Gasteiger partial charge is 0.394 e. The monoisotopic (exact) mass is 902 g/mol. The third-order valence-corrected chi connectivity index (χ3v) is 12.3. The Labute approximate surface area is 392 Å². The first-order valence-electron chi connectivity index (χ1n) is 26.5.